The molecule has 102 valence electrons. The van der Waals surface area contributed by atoms with Crippen molar-refractivity contribution >= 4 is 5.69 Å². The van der Waals surface area contributed by atoms with Gasteiger partial charge < -0.3 is 15.9 Å². The number of benzene rings is 1. The number of aromatic hydroxyl groups is 1. The minimum absolute atomic E-state index is 0.125. The molecule has 0 aliphatic carbocycles. The summed E-state index contributed by atoms with van der Waals surface area (Å²) in [6.45, 7) is 5.62. The van der Waals surface area contributed by atoms with Gasteiger partial charge in [0.15, 0.2) is 0 Å². The molecule has 0 aliphatic rings. The van der Waals surface area contributed by atoms with Gasteiger partial charge in [-0.05, 0) is 31.0 Å². The molecule has 0 unspecified atom stereocenters. The number of phenols is 1. The molecule has 1 rings (SSSR count). The first kappa shape index (κ1) is 14.8. The standard InChI is InChI=1S/C14H24N2O2/c1-3-13(4-2)16(7-8-17)10-11-9-12(15)5-6-14(11)18/h5-6,9,13,17-18H,3-4,7-8,10,15H2,1-2H3. The van der Waals surface area contributed by atoms with Gasteiger partial charge in [0.05, 0.1) is 6.61 Å². The van der Waals surface area contributed by atoms with Crippen LogP contribution in [0.3, 0.4) is 0 Å². The van der Waals surface area contributed by atoms with E-state index < -0.39 is 0 Å². The molecular weight excluding hydrogens is 228 g/mol. The number of rotatable bonds is 7. The molecule has 4 nitrogen and oxygen atoms in total. The highest BCUT2D eigenvalue weighted by Gasteiger charge is 2.16. The maximum Gasteiger partial charge on any atom is 0.120 e. The molecule has 4 heteroatoms. The Morgan fingerprint density at radius 2 is 1.94 bits per heavy atom. The van der Waals surface area contributed by atoms with E-state index >= 15 is 0 Å². The second kappa shape index (κ2) is 7.24. The number of hydrogen-bond donors (Lipinski definition) is 3. The van der Waals surface area contributed by atoms with Crippen LogP contribution in [0.25, 0.3) is 0 Å². The predicted molar refractivity (Wildman–Crippen MR) is 74.4 cm³/mol. The molecule has 1 aromatic rings. The molecule has 0 heterocycles. The summed E-state index contributed by atoms with van der Waals surface area (Å²) < 4.78 is 0. The van der Waals surface area contributed by atoms with Crippen LogP contribution in [0.2, 0.25) is 0 Å². The lowest BCUT2D eigenvalue weighted by molar-refractivity contribution is 0.135. The highest BCUT2D eigenvalue weighted by Crippen LogP contribution is 2.23. The lowest BCUT2D eigenvalue weighted by Crippen LogP contribution is -2.36. The van der Waals surface area contributed by atoms with Gasteiger partial charge in [0.25, 0.3) is 0 Å². The van der Waals surface area contributed by atoms with E-state index in [1.54, 1.807) is 18.2 Å². The van der Waals surface area contributed by atoms with Crippen LogP contribution in [0.5, 0.6) is 5.75 Å². The average Bonchev–Trinajstić information content (AvgIpc) is 2.35. The summed E-state index contributed by atoms with van der Waals surface area (Å²) in [7, 11) is 0. The Balaban J connectivity index is 2.85. The predicted octanol–water partition coefficient (Wildman–Crippen LogP) is 1.96. The number of nitrogens with two attached hydrogens (primary N) is 1. The van der Waals surface area contributed by atoms with Crippen LogP contribution in [0.4, 0.5) is 5.69 Å². The zero-order valence-corrected chi connectivity index (χ0v) is 11.3. The molecule has 0 fully saturated rings. The van der Waals surface area contributed by atoms with Crippen LogP contribution in [0.15, 0.2) is 18.2 Å². The highest BCUT2D eigenvalue weighted by atomic mass is 16.3. The maximum atomic E-state index is 9.83. The summed E-state index contributed by atoms with van der Waals surface area (Å²) in [4.78, 5) is 2.19. The number of phenolic OH excluding ortho intramolecular Hbond substituents is 1. The maximum absolute atomic E-state index is 9.83. The second-order valence-electron chi connectivity index (χ2n) is 4.55. The second-order valence-corrected chi connectivity index (χ2v) is 4.55. The van der Waals surface area contributed by atoms with Gasteiger partial charge in [-0.15, -0.1) is 0 Å². The first-order valence-electron chi connectivity index (χ1n) is 6.54. The van der Waals surface area contributed by atoms with E-state index in [9.17, 15) is 5.11 Å². The monoisotopic (exact) mass is 252 g/mol. The van der Waals surface area contributed by atoms with Crippen molar-refractivity contribution < 1.29 is 10.2 Å². The molecule has 18 heavy (non-hydrogen) atoms. The Morgan fingerprint density at radius 1 is 1.28 bits per heavy atom. The molecule has 0 saturated heterocycles. The molecule has 0 aliphatic heterocycles. The number of nitrogens with zero attached hydrogens (tertiary/aromatic N) is 1. The van der Waals surface area contributed by atoms with Gasteiger partial charge >= 0.3 is 0 Å². The molecule has 0 spiro atoms. The number of aliphatic hydroxyl groups excluding tert-OH is 1. The number of aliphatic hydroxyl groups is 1. The normalized spacial score (nSPS) is 11.4. The quantitative estimate of drug-likeness (QED) is 0.512. The molecule has 0 saturated carbocycles. The molecular formula is C14H24N2O2. The van der Waals surface area contributed by atoms with E-state index in [-0.39, 0.29) is 12.4 Å². The zero-order chi connectivity index (χ0) is 13.5. The first-order chi connectivity index (χ1) is 8.62. The molecule has 4 N–H and O–H groups in total. The summed E-state index contributed by atoms with van der Waals surface area (Å²) in [5.74, 6) is 0.262. The van der Waals surface area contributed by atoms with Crippen LogP contribution < -0.4 is 5.73 Å². The Morgan fingerprint density at radius 3 is 2.50 bits per heavy atom. The Kier molecular flexibility index (Phi) is 5.95. The van der Waals surface area contributed by atoms with Crippen molar-refractivity contribution in [3.63, 3.8) is 0 Å². The lowest BCUT2D eigenvalue weighted by Gasteiger charge is -2.30. The van der Waals surface area contributed by atoms with Crippen molar-refractivity contribution in [3.8, 4) is 5.75 Å². The van der Waals surface area contributed by atoms with Crippen molar-refractivity contribution in [1.82, 2.24) is 4.90 Å². The fraction of sp³-hybridized carbons (Fsp3) is 0.571. The van der Waals surface area contributed by atoms with Gasteiger partial charge in [-0.3, -0.25) is 4.90 Å². The van der Waals surface area contributed by atoms with Crippen LogP contribution in [-0.2, 0) is 6.54 Å². The van der Waals surface area contributed by atoms with Crippen LogP contribution >= 0.6 is 0 Å². The van der Waals surface area contributed by atoms with Crippen molar-refractivity contribution in [2.45, 2.75) is 39.3 Å². The van der Waals surface area contributed by atoms with E-state index in [0.717, 1.165) is 18.4 Å². The smallest absolute Gasteiger partial charge is 0.120 e. The third-order valence-corrected chi connectivity index (χ3v) is 3.32. The SMILES string of the molecule is CCC(CC)N(CCO)Cc1cc(N)ccc1O. The number of hydrogen-bond acceptors (Lipinski definition) is 4. The lowest BCUT2D eigenvalue weighted by atomic mass is 10.1. The van der Waals surface area contributed by atoms with E-state index in [0.29, 0.717) is 24.8 Å². The van der Waals surface area contributed by atoms with Crippen molar-refractivity contribution in [2.24, 2.45) is 0 Å². The van der Waals surface area contributed by atoms with E-state index in [1.807, 2.05) is 0 Å². The molecule has 0 amide bonds. The van der Waals surface area contributed by atoms with Gasteiger partial charge in [0, 0.05) is 30.4 Å². The molecule has 1 aromatic carbocycles. The molecule has 0 radical (unpaired) electrons. The average molecular weight is 252 g/mol. The summed E-state index contributed by atoms with van der Waals surface area (Å²) in [5.41, 5.74) is 7.20. The summed E-state index contributed by atoms with van der Waals surface area (Å²) >= 11 is 0. The van der Waals surface area contributed by atoms with Gasteiger partial charge in [-0.1, -0.05) is 13.8 Å². The molecule has 0 bridgehead atoms. The first-order valence-corrected chi connectivity index (χ1v) is 6.54. The largest absolute Gasteiger partial charge is 0.508 e. The fourth-order valence-electron chi connectivity index (χ4n) is 2.28. The Labute approximate surface area is 109 Å². The summed E-state index contributed by atoms with van der Waals surface area (Å²) in [6.07, 6.45) is 2.05. The Hall–Kier alpha value is -1.26. The van der Waals surface area contributed by atoms with E-state index in [2.05, 4.69) is 18.7 Å². The van der Waals surface area contributed by atoms with Crippen molar-refractivity contribution in [3.05, 3.63) is 23.8 Å². The molecule has 0 aromatic heterocycles. The number of anilines is 1. The van der Waals surface area contributed by atoms with Crippen molar-refractivity contribution in [2.75, 3.05) is 18.9 Å². The third kappa shape index (κ3) is 3.89. The summed E-state index contributed by atoms with van der Waals surface area (Å²) in [6, 6.07) is 5.52. The van der Waals surface area contributed by atoms with Gasteiger partial charge in [-0.2, -0.15) is 0 Å². The van der Waals surface area contributed by atoms with Crippen molar-refractivity contribution in [1.29, 1.82) is 0 Å². The summed E-state index contributed by atoms with van der Waals surface area (Å²) in [5, 5.41) is 19.0. The molecule has 0 atom stereocenters. The van der Waals surface area contributed by atoms with Gasteiger partial charge in [-0.25, -0.2) is 0 Å². The Bertz CT molecular complexity index is 365. The van der Waals surface area contributed by atoms with Gasteiger partial charge in [0.2, 0.25) is 0 Å². The van der Waals surface area contributed by atoms with E-state index in [4.69, 9.17) is 10.8 Å². The van der Waals surface area contributed by atoms with Crippen LogP contribution in [0, 0.1) is 0 Å². The van der Waals surface area contributed by atoms with E-state index in [1.165, 1.54) is 0 Å². The minimum atomic E-state index is 0.125. The fourth-order valence-corrected chi connectivity index (χ4v) is 2.28. The number of nitrogen functional groups attached to an aromatic ring is 1. The van der Waals surface area contributed by atoms with Crippen LogP contribution in [0.1, 0.15) is 32.3 Å². The topological polar surface area (TPSA) is 69.7 Å². The van der Waals surface area contributed by atoms with Crippen LogP contribution in [-0.4, -0.2) is 34.3 Å². The van der Waals surface area contributed by atoms with Gasteiger partial charge in [0.1, 0.15) is 5.75 Å². The third-order valence-electron chi connectivity index (χ3n) is 3.32. The zero-order valence-electron chi connectivity index (χ0n) is 11.3. The minimum Gasteiger partial charge on any atom is -0.508 e. The highest BCUT2D eigenvalue weighted by molar-refractivity contribution is 5.47.